The maximum absolute atomic E-state index is 12.6. The van der Waals surface area contributed by atoms with Crippen LogP contribution >= 0.6 is 0 Å². The van der Waals surface area contributed by atoms with Crippen LogP contribution < -0.4 is 10.6 Å². The molecule has 1 aromatic carbocycles. The zero-order valence-electron chi connectivity index (χ0n) is 16.0. The normalized spacial score (nSPS) is 16.4. The Bertz CT molecular complexity index is 603. The van der Waals surface area contributed by atoms with Crippen LogP contribution in [-0.4, -0.2) is 36.0 Å². The number of hydrogen-bond donors (Lipinski definition) is 2. The molecule has 2 fully saturated rings. The van der Waals surface area contributed by atoms with E-state index in [-0.39, 0.29) is 11.9 Å². The lowest BCUT2D eigenvalue weighted by atomic mass is 10.1. The smallest absolute Gasteiger partial charge is 0.319 e. The monoisotopic (exact) mass is 357 g/mol. The summed E-state index contributed by atoms with van der Waals surface area (Å²) >= 11 is 0. The predicted octanol–water partition coefficient (Wildman–Crippen LogP) is 4.26. The first-order valence-electron chi connectivity index (χ1n) is 10.1. The van der Waals surface area contributed by atoms with Crippen molar-refractivity contribution in [1.29, 1.82) is 0 Å². The van der Waals surface area contributed by atoms with Gasteiger partial charge < -0.3 is 15.5 Å². The van der Waals surface area contributed by atoms with E-state index in [0.717, 1.165) is 31.6 Å². The van der Waals surface area contributed by atoms with Gasteiger partial charge in [-0.1, -0.05) is 13.8 Å². The van der Waals surface area contributed by atoms with Gasteiger partial charge in [0.15, 0.2) is 0 Å². The molecule has 2 saturated carbocycles. The van der Waals surface area contributed by atoms with Crippen LogP contribution in [0, 0.1) is 11.8 Å². The molecule has 5 nitrogen and oxygen atoms in total. The molecule has 1 aromatic rings. The molecule has 26 heavy (non-hydrogen) atoms. The highest BCUT2D eigenvalue weighted by Gasteiger charge is 2.42. The fourth-order valence-electron chi connectivity index (χ4n) is 3.58. The van der Waals surface area contributed by atoms with Crippen molar-refractivity contribution in [2.75, 3.05) is 18.4 Å². The number of nitrogens with one attached hydrogen (secondary N) is 2. The van der Waals surface area contributed by atoms with Crippen LogP contribution in [-0.2, 0) is 0 Å². The lowest BCUT2D eigenvalue weighted by Crippen LogP contribution is -2.40. The summed E-state index contributed by atoms with van der Waals surface area (Å²) in [5.74, 6) is 1.42. The molecule has 2 aliphatic rings. The second kappa shape index (κ2) is 8.56. The first-order valence-corrected chi connectivity index (χ1v) is 10.1. The Hall–Kier alpha value is -2.04. The second-order valence-electron chi connectivity index (χ2n) is 7.67. The molecule has 0 spiro atoms. The molecular formula is C21H31N3O2. The third-order valence-corrected chi connectivity index (χ3v) is 5.22. The van der Waals surface area contributed by atoms with Crippen LogP contribution in [0.5, 0.6) is 0 Å². The Balaban J connectivity index is 1.54. The summed E-state index contributed by atoms with van der Waals surface area (Å²) in [4.78, 5) is 26.8. The van der Waals surface area contributed by atoms with Gasteiger partial charge in [-0.05, 0) is 74.6 Å². The highest BCUT2D eigenvalue weighted by atomic mass is 16.2. The molecular weight excluding hydrogens is 326 g/mol. The molecule has 0 aromatic heterocycles. The first kappa shape index (κ1) is 18.7. The van der Waals surface area contributed by atoms with Gasteiger partial charge in [0.05, 0.1) is 0 Å². The molecule has 0 unspecified atom stereocenters. The van der Waals surface area contributed by atoms with E-state index in [9.17, 15) is 9.59 Å². The third kappa shape index (κ3) is 4.99. The van der Waals surface area contributed by atoms with Gasteiger partial charge in [-0.3, -0.25) is 4.79 Å². The first-order chi connectivity index (χ1) is 12.6. The van der Waals surface area contributed by atoms with Crippen molar-refractivity contribution in [3.8, 4) is 0 Å². The number of nitrogens with zero attached hydrogens (tertiary/aromatic N) is 1. The summed E-state index contributed by atoms with van der Waals surface area (Å²) in [5.41, 5.74) is 1.40. The fraction of sp³-hybridized carbons (Fsp3) is 0.619. The zero-order chi connectivity index (χ0) is 18.5. The Labute approximate surface area is 156 Å². The Morgan fingerprint density at radius 2 is 1.54 bits per heavy atom. The van der Waals surface area contributed by atoms with Crippen LogP contribution in [0.2, 0.25) is 0 Å². The van der Waals surface area contributed by atoms with Gasteiger partial charge in [0, 0.05) is 30.4 Å². The summed E-state index contributed by atoms with van der Waals surface area (Å²) in [6.07, 6.45) is 6.87. The lowest BCUT2D eigenvalue weighted by Gasteiger charge is -2.21. The van der Waals surface area contributed by atoms with E-state index in [1.165, 1.54) is 25.7 Å². The molecule has 0 bridgehead atoms. The Kier molecular flexibility index (Phi) is 6.17. The molecule has 2 N–H and O–H groups in total. The number of urea groups is 1. The number of hydrogen-bond acceptors (Lipinski definition) is 2. The minimum absolute atomic E-state index is 0.0623. The molecule has 3 amide bonds. The topological polar surface area (TPSA) is 61.4 Å². The lowest BCUT2D eigenvalue weighted by molar-refractivity contribution is 0.0755. The van der Waals surface area contributed by atoms with E-state index >= 15 is 0 Å². The predicted molar refractivity (Wildman–Crippen MR) is 104 cm³/mol. The SMILES string of the molecule is CCCN(CCC)C(=O)c1ccc(NC(=O)NC(C2CC2)C2CC2)cc1. The summed E-state index contributed by atoms with van der Waals surface area (Å²) in [5, 5.41) is 6.06. The molecule has 0 atom stereocenters. The molecule has 0 radical (unpaired) electrons. The average Bonchev–Trinajstić information content (AvgIpc) is 3.53. The van der Waals surface area contributed by atoms with Crippen molar-refractivity contribution in [1.82, 2.24) is 10.2 Å². The maximum Gasteiger partial charge on any atom is 0.319 e. The van der Waals surface area contributed by atoms with Crippen LogP contribution in [0.4, 0.5) is 10.5 Å². The van der Waals surface area contributed by atoms with Gasteiger partial charge in [-0.15, -0.1) is 0 Å². The van der Waals surface area contributed by atoms with Crippen molar-refractivity contribution >= 4 is 17.6 Å². The van der Waals surface area contributed by atoms with E-state index < -0.39 is 0 Å². The van der Waals surface area contributed by atoms with Gasteiger partial charge >= 0.3 is 6.03 Å². The van der Waals surface area contributed by atoms with Crippen molar-refractivity contribution < 1.29 is 9.59 Å². The van der Waals surface area contributed by atoms with Crippen molar-refractivity contribution in [3.63, 3.8) is 0 Å². The van der Waals surface area contributed by atoms with Crippen LogP contribution in [0.25, 0.3) is 0 Å². The van der Waals surface area contributed by atoms with Gasteiger partial charge in [0.2, 0.25) is 0 Å². The summed E-state index contributed by atoms with van der Waals surface area (Å²) in [6.45, 7) is 5.72. The van der Waals surface area contributed by atoms with Crippen molar-refractivity contribution in [2.45, 2.75) is 58.4 Å². The van der Waals surface area contributed by atoms with E-state index in [1.54, 1.807) is 12.1 Å². The molecule has 142 valence electrons. The minimum Gasteiger partial charge on any atom is -0.339 e. The highest BCUT2D eigenvalue weighted by Crippen LogP contribution is 2.44. The number of anilines is 1. The Morgan fingerprint density at radius 3 is 2.00 bits per heavy atom. The quantitative estimate of drug-likeness (QED) is 0.694. The molecule has 0 heterocycles. The minimum atomic E-state index is -0.133. The third-order valence-electron chi connectivity index (χ3n) is 5.22. The van der Waals surface area contributed by atoms with E-state index in [2.05, 4.69) is 24.5 Å². The standard InChI is InChI=1S/C21H31N3O2/c1-3-13-24(14-4-2)20(25)17-9-11-18(12-10-17)22-21(26)23-19(15-5-6-15)16-7-8-16/h9-12,15-16,19H,3-8,13-14H2,1-2H3,(H2,22,23,26). The van der Waals surface area contributed by atoms with E-state index in [1.807, 2.05) is 17.0 Å². The number of carbonyl (C=O) groups is 2. The maximum atomic E-state index is 12.6. The number of amides is 3. The highest BCUT2D eigenvalue weighted by molar-refractivity contribution is 5.95. The summed E-state index contributed by atoms with van der Waals surface area (Å²) in [7, 11) is 0. The van der Waals surface area contributed by atoms with Gasteiger partial charge in [0.25, 0.3) is 5.91 Å². The van der Waals surface area contributed by atoms with Gasteiger partial charge in [-0.25, -0.2) is 4.79 Å². The van der Waals surface area contributed by atoms with Crippen LogP contribution in [0.15, 0.2) is 24.3 Å². The average molecular weight is 357 g/mol. The van der Waals surface area contributed by atoms with Crippen molar-refractivity contribution in [2.24, 2.45) is 11.8 Å². The second-order valence-corrected chi connectivity index (χ2v) is 7.67. The molecule has 0 aliphatic heterocycles. The van der Waals surface area contributed by atoms with Gasteiger partial charge in [0.1, 0.15) is 0 Å². The number of rotatable bonds is 9. The summed E-state index contributed by atoms with van der Waals surface area (Å²) in [6, 6.07) is 7.43. The summed E-state index contributed by atoms with van der Waals surface area (Å²) < 4.78 is 0. The molecule has 0 saturated heterocycles. The van der Waals surface area contributed by atoms with Crippen LogP contribution in [0.3, 0.4) is 0 Å². The molecule has 5 heteroatoms. The van der Waals surface area contributed by atoms with Crippen LogP contribution in [0.1, 0.15) is 62.7 Å². The van der Waals surface area contributed by atoms with Crippen molar-refractivity contribution in [3.05, 3.63) is 29.8 Å². The van der Waals surface area contributed by atoms with Gasteiger partial charge in [-0.2, -0.15) is 0 Å². The van der Waals surface area contributed by atoms with E-state index in [0.29, 0.717) is 23.4 Å². The number of benzene rings is 1. The number of carbonyl (C=O) groups excluding carboxylic acids is 2. The van der Waals surface area contributed by atoms with E-state index in [4.69, 9.17) is 0 Å². The largest absolute Gasteiger partial charge is 0.339 e. The fourth-order valence-corrected chi connectivity index (χ4v) is 3.58. The molecule has 3 rings (SSSR count). The molecule has 2 aliphatic carbocycles. The zero-order valence-corrected chi connectivity index (χ0v) is 16.0. The Morgan fingerprint density at radius 1 is 1.00 bits per heavy atom.